The van der Waals surface area contributed by atoms with E-state index in [9.17, 15) is 9.90 Å². The number of aromatic hydroxyl groups is 1. The van der Waals surface area contributed by atoms with Crippen LogP contribution in [-0.2, 0) is 11.2 Å². The Morgan fingerprint density at radius 3 is 2.65 bits per heavy atom. The van der Waals surface area contributed by atoms with Gasteiger partial charge in [-0.25, -0.2) is 4.79 Å². The number of benzene rings is 2. The van der Waals surface area contributed by atoms with Gasteiger partial charge >= 0.3 is 5.97 Å². The molecule has 2 aromatic carbocycles. The monoisotopic (exact) mass is 271 g/mol. The molecule has 20 heavy (non-hydrogen) atoms. The van der Waals surface area contributed by atoms with Gasteiger partial charge in [-0.05, 0) is 36.6 Å². The second kappa shape index (κ2) is 6.61. The van der Waals surface area contributed by atoms with Gasteiger partial charge in [0.1, 0.15) is 11.3 Å². The minimum atomic E-state index is -0.553. The molecule has 0 aliphatic carbocycles. The first kappa shape index (κ1) is 13.9. The number of ether oxygens (including phenoxy) is 1. The molecule has 0 saturated heterocycles. The molecule has 0 aromatic heterocycles. The summed E-state index contributed by atoms with van der Waals surface area (Å²) in [5, 5.41) is 9.58. The Kier molecular flexibility index (Phi) is 4.60. The maximum atomic E-state index is 11.8. The molecule has 0 bridgehead atoms. The molecule has 0 aliphatic rings. The van der Waals surface area contributed by atoms with Crippen LogP contribution in [0.3, 0.4) is 0 Å². The number of hydrogen-bond donors (Lipinski definition) is 2. The molecular weight excluding hydrogens is 254 g/mol. The van der Waals surface area contributed by atoms with Crippen molar-refractivity contribution in [3.63, 3.8) is 0 Å². The van der Waals surface area contributed by atoms with Crippen molar-refractivity contribution in [1.29, 1.82) is 0 Å². The van der Waals surface area contributed by atoms with E-state index in [0.29, 0.717) is 12.3 Å². The molecule has 2 aromatic rings. The summed E-state index contributed by atoms with van der Waals surface area (Å²) in [5.74, 6) is -0.671. The zero-order chi connectivity index (χ0) is 14.4. The van der Waals surface area contributed by atoms with Gasteiger partial charge in [0.2, 0.25) is 0 Å². The first-order chi connectivity index (χ1) is 9.66. The van der Waals surface area contributed by atoms with Gasteiger partial charge in [-0.2, -0.15) is 0 Å². The number of carbonyl (C=O) groups excluding carboxylic acids is 1. The highest BCUT2D eigenvalue weighted by Gasteiger charge is 2.12. The van der Waals surface area contributed by atoms with Gasteiger partial charge in [-0.1, -0.05) is 30.3 Å². The fourth-order valence-corrected chi connectivity index (χ4v) is 1.88. The lowest BCUT2D eigenvalue weighted by atomic mass is 10.1. The van der Waals surface area contributed by atoms with Crippen LogP contribution in [0.25, 0.3) is 0 Å². The average molecular weight is 271 g/mol. The number of carbonyl (C=O) groups is 1. The second-order valence-corrected chi connectivity index (χ2v) is 4.50. The van der Waals surface area contributed by atoms with Crippen molar-refractivity contribution >= 4 is 11.7 Å². The SMILES string of the molecule is Nc1ccc(O)c(C(=O)OCCCc2ccccc2)c1. The number of aryl methyl sites for hydroxylation is 1. The van der Waals surface area contributed by atoms with E-state index in [4.69, 9.17) is 10.5 Å². The third-order valence-electron chi connectivity index (χ3n) is 2.93. The van der Waals surface area contributed by atoms with Crippen LogP contribution in [-0.4, -0.2) is 17.7 Å². The molecule has 0 spiro atoms. The lowest BCUT2D eigenvalue weighted by Gasteiger charge is -2.07. The number of nitrogen functional groups attached to an aromatic ring is 1. The average Bonchev–Trinajstić information content (AvgIpc) is 2.47. The molecule has 0 amide bonds. The largest absolute Gasteiger partial charge is 0.507 e. The van der Waals surface area contributed by atoms with Crippen LogP contribution in [0, 0.1) is 0 Å². The van der Waals surface area contributed by atoms with Crippen molar-refractivity contribution in [3.8, 4) is 5.75 Å². The number of phenols is 1. The summed E-state index contributed by atoms with van der Waals surface area (Å²) in [6.45, 7) is 0.308. The highest BCUT2D eigenvalue weighted by molar-refractivity contribution is 5.93. The molecule has 104 valence electrons. The topological polar surface area (TPSA) is 72.5 Å². The third kappa shape index (κ3) is 3.75. The molecule has 4 nitrogen and oxygen atoms in total. The Bertz CT molecular complexity index is 582. The van der Waals surface area contributed by atoms with Gasteiger partial charge in [0.25, 0.3) is 0 Å². The summed E-state index contributed by atoms with van der Waals surface area (Å²) in [6, 6.07) is 14.3. The van der Waals surface area contributed by atoms with Crippen molar-refractivity contribution in [2.24, 2.45) is 0 Å². The first-order valence-electron chi connectivity index (χ1n) is 6.46. The van der Waals surface area contributed by atoms with Crippen LogP contribution < -0.4 is 5.73 Å². The van der Waals surface area contributed by atoms with Crippen molar-refractivity contribution in [2.75, 3.05) is 12.3 Å². The van der Waals surface area contributed by atoms with E-state index in [1.165, 1.54) is 23.8 Å². The van der Waals surface area contributed by atoms with Crippen LogP contribution in [0.2, 0.25) is 0 Å². The lowest BCUT2D eigenvalue weighted by Crippen LogP contribution is -2.08. The van der Waals surface area contributed by atoms with Crippen LogP contribution in [0.15, 0.2) is 48.5 Å². The van der Waals surface area contributed by atoms with Crippen LogP contribution >= 0.6 is 0 Å². The van der Waals surface area contributed by atoms with E-state index in [-0.39, 0.29) is 11.3 Å². The molecule has 0 fully saturated rings. The molecule has 4 heteroatoms. The summed E-state index contributed by atoms with van der Waals surface area (Å²) in [4.78, 5) is 11.8. The second-order valence-electron chi connectivity index (χ2n) is 4.50. The Balaban J connectivity index is 1.82. The van der Waals surface area contributed by atoms with E-state index in [1.807, 2.05) is 30.3 Å². The maximum absolute atomic E-state index is 11.8. The zero-order valence-electron chi connectivity index (χ0n) is 11.1. The predicted molar refractivity (Wildman–Crippen MR) is 77.6 cm³/mol. The minimum Gasteiger partial charge on any atom is -0.507 e. The zero-order valence-corrected chi connectivity index (χ0v) is 11.1. The Morgan fingerprint density at radius 2 is 1.90 bits per heavy atom. The molecule has 0 aliphatic heterocycles. The van der Waals surface area contributed by atoms with Crippen LogP contribution in [0.1, 0.15) is 22.3 Å². The summed E-state index contributed by atoms with van der Waals surface area (Å²) in [6.07, 6.45) is 1.58. The Hall–Kier alpha value is -2.49. The molecule has 0 unspecified atom stereocenters. The van der Waals surface area contributed by atoms with Crippen molar-refractivity contribution in [3.05, 3.63) is 59.7 Å². The molecule has 0 heterocycles. The third-order valence-corrected chi connectivity index (χ3v) is 2.93. The summed E-state index contributed by atoms with van der Waals surface area (Å²) < 4.78 is 5.13. The summed E-state index contributed by atoms with van der Waals surface area (Å²) >= 11 is 0. The maximum Gasteiger partial charge on any atom is 0.341 e. The van der Waals surface area contributed by atoms with Crippen molar-refractivity contribution < 1.29 is 14.6 Å². The van der Waals surface area contributed by atoms with E-state index in [0.717, 1.165) is 12.8 Å². The number of hydrogen-bond acceptors (Lipinski definition) is 4. The van der Waals surface area contributed by atoms with Gasteiger partial charge in [-0.15, -0.1) is 0 Å². The minimum absolute atomic E-state index is 0.102. The normalized spacial score (nSPS) is 10.2. The van der Waals surface area contributed by atoms with Gasteiger partial charge in [0.05, 0.1) is 6.61 Å². The fourth-order valence-electron chi connectivity index (χ4n) is 1.88. The Labute approximate surface area is 117 Å². The molecule has 0 atom stereocenters. The predicted octanol–water partition coefficient (Wildman–Crippen LogP) is 2.76. The number of phenolic OH excluding ortho intramolecular Hbond substituents is 1. The standard InChI is InChI=1S/C16H17NO3/c17-13-8-9-15(18)14(11-13)16(19)20-10-4-7-12-5-2-1-3-6-12/h1-3,5-6,8-9,11,18H,4,7,10,17H2. The van der Waals surface area contributed by atoms with Gasteiger partial charge < -0.3 is 15.6 Å². The molecule has 0 radical (unpaired) electrons. The van der Waals surface area contributed by atoms with E-state index < -0.39 is 5.97 Å². The van der Waals surface area contributed by atoms with Gasteiger partial charge in [0.15, 0.2) is 0 Å². The Morgan fingerprint density at radius 1 is 1.15 bits per heavy atom. The number of anilines is 1. The van der Waals surface area contributed by atoms with Crippen LogP contribution in [0.4, 0.5) is 5.69 Å². The number of esters is 1. The van der Waals surface area contributed by atoms with E-state index >= 15 is 0 Å². The number of nitrogens with two attached hydrogens (primary N) is 1. The summed E-state index contributed by atoms with van der Waals surface area (Å²) in [7, 11) is 0. The van der Waals surface area contributed by atoms with Crippen molar-refractivity contribution in [1.82, 2.24) is 0 Å². The highest BCUT2D eigenvalue weighted by atomic mass is 16.5. The molecule has 0 saturated carbocycles. The lowest BCUT2D eigenvalue weighted by molar-refractivity contribution is 0.0497. The van der Waals surface area contributed by atoms with Crippen LogP contribution in [0.5, 0.6) is 5.75 Å². The van der Waals surface area contributed by atoms with Crippen molar-refractivity contribution in [2.45, 2.75) is 12.8 Å². The molecular formula is C16H17NO3. The summed E-state index contributed by atoms with van der Waals surface area (Å²) in [5.41, 5.74) is 7.30. The van der Waals surface area contributed by atoms with Gasteiger partial charge in [-0.3, -0.25) is 0 Å². The number of rotatable bonds is 5. The van der Waals surface area contributed by atoms with Gasteiger partial charge in [0, 0.05) is 5.69 Å². The fraction of sp³-hybridized carbons (Fsp3) is 0.188. The van der Waals surface area contributed by atoms with E-state index in [1.54, 1.807) is 0 Å². The highest BCUT2D eigenvalue weighted by Crippen LogP contribution is 2.20. The molecule has 3 N–H and O–H groups in total. The van der Waals surface area contributed by atoms with E-state index in [2.05, 4.69) is 0 Å². The quantitative estimate of drug-likeness (QED) is 0.379. The first-order valence-corrected chi connectivity index (χ1v) is 6.46. The molecule has 2 rings (SSSR count). The smallest absolute Gasteiger partial charge is 0.341 e.